The van der Waals surface area contributed by atoms with Crippen LogP contribution in [0.25, 0.3) is 0 Å². The molecule has 0 fully saturated rings. The molecule has 0 amide bonds. The first-order valence-corrected chi connectivity index (χ1v) is 7.89. The molecule has 9 heteroatoms. The third kappa shape index (κ3) is 5.84. The van der Waals surface area contributed by atoms with Crippen LogP contribution < -0.4 is 5.69 Å². The summed E-state index contributed by atoms with van der Waals surface area (Å²) in [6.45, 7) is 4.02. The summed E-state index contributed by atoms with van der Waals surface area (Å²) in [6, 6.07) is -1.01. The lowest BCUT2D eigenvalue weighted by molar-refractivity contribution is -0.145. The Morgan fingerprint density at radius 1 is 1.36 bits per heavy atom. The van der Waals surface area contributed by atoms with Crippen LogP contribution in [0.5, 0.6) is 0 Å². The third-order valence-electron chi connectivity index (χ3n) is 3.63. The van der Waals surface area contributed by atoms with Crippen molar-refractivity contribution in [2.45, 2.75) is 38.9 Å². The second-order valence-electron chi connectivity index (χ2n) is 6.52. The van der Waals surface area contributed by atoms with Gasteiger partial charge in [-0.15, -0.1) is 0 Å². The van der Waals surface area contributed by atoms with Gasteiger partial charge in [0.15, 0.2) is 5.69 Å². The van der Waals surface area contributed by atoms with Crippen molar-refractivity contribution in [3.05, 3.63) is 27.9 Å². The molecule has 1 unspecified atom stereocenters. The van der Waals surface area contributed by atoms with Gasteiger partial charge in [-0.3, -0.25) is 4.57 Å². The minimum Gasteiger partial charge on any atom is -0.467 e. The number of alkyl halides is 3. The molecule has 0 radical (unpaired) electrons. The van der Waals surface area contributed by atoms with Gasteiger partial charge in [-0.05, 0) is 32.9 Å². The SMILES string of the molecule is COC(=O)C(CC(C)C)n1cc(CCN(C)C)c(C(F)(F)F)nc1=O. The number of carbonyl (C=O) groups is 1. The molecule has 1 aromatic rings. The van der Waals surface area contributed by atoms with Crippen molar-refractivity contribution in [2.24, 2.45) is 5.92 Å². The second-order valence-corrected chi connectivity index (χ2v) is 6.52. The average Bonchev–Trinajstić information content (AvgIpc) is 2.49. The molecule has 1 heterocycles. The number of hydrogen-bond donors (Lipinski definition) is 0. The summed E-state index contributed by atoms with van der Waals surface area (Å²) in [5.74, 6) is -0.653. The molecule has 0 N–H and O–H groups in total. The molecule has 142 valence electrons. The minimum absolute atomic E-state index is 0.0310. The first-order chi connectivity index (χ1) is 11.5. The van der Waals surface area contributed by atoms with Gasteiger partial charge in [-0.25, -0.2) is 9.59 Å². The number of hydrogen-bond acceptors (Lipinski definition) is 5. The van der Waals surface area contributed by atoms with Crippen LogP contribution in [0.2, 0.25) is 0 Å². The van der Waals surface area contributed by atoms with Crippen LogP contribution in [0.15, 0.2) is 11.0 Å². The number of likely N-dealkylation sites (N-methyl/N-ethyl adjacent to an activating group) is 1. The maximum absolute atomic E-state index is 13.2. The third-order valence-corrected chi connectivity index (χ3v) is 3.63. The van der Waals surface area contributed by atoms with Crippen LogP contribution >= 0.6 is 0 Å². The summed E-state index contributed by atoms with van der Waals surface area (Å²) in [5.41, 5.74) is -2.45. The maximum atomic E-state index is 13.2. The summed E-state index contributed by atoms with van der Waals surface area (Å²) in [7, 11) is 4.63. The van der Waals surface area contributed by atoms with Crippen LogP contribution in [-0.4, -0.2) is 48.2 Å². The Hall–Kier alpha value is -1.90. The van der Waals surface area contributed by atoms with E-state index in [4.69, 9.17) is 4.74 Å². The van der Waals surface area contributed by atoms with Gasteiger partial charge in [0.2, 0.25) is 0 Å². The molecule has 6 nitrogen and oxygen atoms in total. The van der Waals surface area contributed by atoms with Crippen LogP contribution in [0.1, 0.15) is 37.6 Å². The topological polar surface area (TPSA) is 64.4 Å². The van der Waals surface area contributed by atoms with E-state index in [0.717, 1.165) is 10.8 Å². The van der Waals surface area contributed by atoms with Gasteiger partial charge in [0.1, 0.15) is 6.04 Å². The molecule has 1 atom stereocenters. The van der Waals surface area contributed by atoms with E-state index in [-0.39, 0.29) is 24.3 Å². The lowest BCUT2D eigenvalue weighted by Gasteiger charge is -2.21. The summed E-state index contributed by atoms with van der Waals surface area (Å²) >= 11 is 0. The number of ether oxygens (including phenoxy) is 1. The summed E-state index contributed by atoms with van der Waals surface area (Å²) in [6.07, 6.45) is -3.35. The fourth-order valence-electron chi connectivity index (χ4n) is 2.41. The van der Waals surface area contributed by atoms with Crippen molar-refractivity contribution in [3.8, 4) is 0 Å². The van der Waals surface area contributed by atoms with E-state index in [2.05, 4.69) is 4.98 Å². The van der Waals surface area contributed by atoms with Crippen LogP contribution in [0.4, 0.5) is 13.2 Å². The van der Waals surface area contributed by atoms with Crippen LogP contribution in [-0.2, 0) is 22.1 Å². The number of halogens is 3. The van der Waals surface area contributed by atoms with E-state index in [1.807, 2.05) is 13.8 Å². The molecule has 1 aromatic heterocycles. The largest absolute Gasteiger partial charge is 0.467 e. The lowest BCUT2D eigenvalue weighted by Crippen LogP contribution is -2.35. The van der Waals surface area contributed by atoms with Gasteiger partial charge in [-0.1, -0.05) is 13.8 Å². The Morgan fingerprint density at radius 2 is 1.96 bits per heavy atom. The molecule has 0 aromatic carbocycles. The number of nitrogens with zero attached hydrogens (tertiary/aromatic N) is 3. The highest BCUT2D eigenvalue weighted by Crippen LogP contribution is 2.30. The molecule has 0 bridgehead atoms. The van der Waals surface area contributed by atoms with Gasteiger partial charge in [0.05, 0.1) is 7.11 Å². The van der Waals surface area contributed by atoms with Crippen molar-refractivity contribution in [2.75, 3.05) is 27.7 Å². The van der Waals surface area contributed by atoms with Crippen LogP contribution in [0.3, 0.4) is 0 Å². The predicted octanol–water partition coefficient (Wildman–Crippen LogP) is 2.13. The molecule has 0 spiro atoms. The number of esters is 1. The predicted molar refractivity (Wildman–Crippen MR) is 86.3 cm³/mol. The molecule has 0 saturated heterocycles. The quantitative estimate of drug-likeness (QED) is 0.695. The normalized spacial score (nSPS) is 13.4. The van der Waals surface area contributed by atoms with Gasteiger partial charge < -0.3 is 9.64 Å². The second kappa shape index (κ2) is 8.46. The molecular formula is C16H24F3N3O3. The fraction of sp³-hybridized carbons (Fsp3) is 0.688. The van der Waals surface area contributed by atoms with Gasteiger partial charge >= 0.3 is 17.8 Å². The molecule has 1 rings (SSSR count). The van der Waals surface area contributed by atoms with E-state index in [9.17, 15) is 22.8 Å². The number of aromatic nitrogens is 2. The average molecular weight is 363 g/mol. The zero-order chi connectivity index (χ0) is 19.4. The standard InChI is InChI=1S/C16H24F3N3O3/c1-10(2)8-12(14(23)25-5)22-9-11(6-7-21(3)4)13(16(17,18)19)20-15(22)24/h9-10,12H,6-8H2,1-5H3. The minimum atomic E-state index is -4.74. The zero-order valence-corrected chi connectivity index (χ0v) is 15.1. The number of methoxy groups -OCH3 is 1. The molecular weight excluding hydrogens is 339 g/mol. The Morgan fingerprint density at radius 3 is 2.40 bits per heavy atom. The van der Waals surface area contributed by atoms with E-state index >= 15 is 0 Å². The van der Waals surface area contributed by atoms with Crippen LogP contribution in [0, 0.1) is 5.92 Å². The molecule has 0 aliphatic carbocycles. The molecule has 0 saturated carbocycles. The van der Waals surface area contributed by atoms with Gasteiger partial charge in [0, 0.05) is 18.3 Å². The highest BCUT2D eigenvalue weighted by molar-refractivity contribution is 5.74. The van der Waals surface area contributed by atoms with E-state index < -0.39 is 29.6 Å². The number of carbonyl (C=O) groups excluding carboxylic acids is 1. The molecule has 0 aliphatic heterocycles. The monoisotopic (exact) mass is 363 g/mol. The van der Waals surface area contributed by atoms with E-state index in [0.29, 0.717) is 6.54 Å². The van der Waals surface area contributed by atoms with Crippen molar-refractivity contribution < 1.29 is 22.7 Å². The van der Waals surface area contributed by atoms with E-state index in [1.54, 1.807) is 19.0 Å². The van der Waals surface area contributed by atoms with Crippen molar-refractivity contribution in [3.63, 3.8) is 0 Å². The smallest absolute Gasteiger partial charge is 0.433 e. The molecule has 0 aliphatic rings. The zero-order valence-electron chi connectivity index (χ0n) is 15.1. The first-order valence-electron chi connectivity index (χ1n) is 7.89. The maximum Gasteiger partial charge on any atom is 0.433 e. The Bertz CT molecular complexity index is 654. The highest BCUT2D eigenvalue weighted by atomic mass is 19.4. The summed E-state index contributed by atoms with van der Waals surface area (Å²) in [5, 5.41) is 0. The van der Waals surface area contributed by atoms with Gasteiger partial charge in [-0.2, -0.15) is 18.2 Å². The Balaban J connectivity index is 3.46. The highest BCUT2D eigenvalue weighted by Gasteiger charge is 2.37. The molecule has 25 heavy (non-hydrogen) atoms. The van der Waals surface area contributed by atoms with Crippen molar-refractivity contribution >= 4 is 5.97 Å². The van der Waals surface area contributed by atoms with E-state index in [1.165, 1.54) is 7.11 Å². The van der Waals surface area contributed by atoms with Crippen molar-refractivity contribution in [1.82, 2.24) is 14.5 Å². The summed E-state index contributed by atoms with van der Waals surface area (Å²) in [4.78, 5) is 29.1. The fourth-order valence-corrected chi connectivity index (χ4v) is 2.41. The number of rotatable bonds is 7. The lowest BCUT2D eigenvalue weighted by atomic mass is 10.0. The Kier molecular flexibility index (Phi) is 7.16. The van der Waals surface area contributed by atoms with Gasteiger partial charge in [0.25, 0.3) is 0 Å². The van der Waals surface area contributed by atoms with Crippen molar-refractivity contribution in [1.29, 1.82) is 0 Å². The first kappa shape index (κ1) is 21.1. The summed E-state index contributed by atoms with van der Waals surface area (Å²) < 4.78 is 45.3. The Labute approximate surface area is 144 Å².